The number of aromatic nitrogens is 1. The molecule has 0 aliphatic carbocycles. The molecule has 17 heavy (non-hydrogen) atoms. The van der Waals surface area contributed by atoms with Gasteiger partial charge in [-0.15, -0.1) is 0 Å². The molecule has 0 radical (unpaired) electrons. The van der Waals surface area contributed by atoms with Crippen LogP contribution in [0.4, 0.5) is 0 Å². The first-order chi connectivity index (χ1) is 8.25. The second-order valence-corrected chi connectivity index (χ2v) is 4.25. The van der Waals surface area contributed by atoms with E-state index in [-0.39, 0.29) is 5.91 Å². The van der Waals surface area contributed by atoms with Gasteiger partial charge in [-0.05, 0) is 31.5 Å². The number of nitrogens with zero attached hydrogens (tertiary/aromatic N) is 1. The molecule has 0 fully saturated rings. The average molecular weight is 231 g/mol. The number of hydrogen-bond acceptors (Lipinski definition) is 3. The molecule has 1 aromatic heterocycles. The minimum atomic E-state index is -0.0550. The Morgan fingerprint density at radius 3 is 3.12 bits per heavy atom. The van der Waals surface area contributed by atoms with Gasteiger partial charge in [-0.2, -0.15) is 0 Å². The molecule has 4 heteroatoms. The molecular formula is C13H17N3O. The Balaban J connectivity index is 1.91. The van der Waals surface area contributed by atoms with Gasteiger partial charge in [0, 0.05) is 25.5 Å². The summed E-state index contributed by atoms with van der Waals surface area (Å²) in [6, 6.07) is 1.85. The second-order valence-electron chi connectivity index (χ2n) is 4.25. The van der Waals surface area contributed by atoms with Crippen LogP contribution in [0.5, 0.6) is 0 Å². The Kier molecular flexibility index (Phi) is 3.88. The normalized spacial score (nSPS) is 15.2. The highest BCUT2D eigenvalue weighted by atomic mass is 16.1. The molecule has 1 amide bonds. The van der Waals surface area contributed by atoms with Crippen molar-refractivity contribution in [3.05, 3.63) is 41.2 Å². The third-order valence-corrected chi connectivity index (χ3v) is 2.77. The van der Waals surface area contributed by atoms with Crippen molar-refractivity contribution in [1.29, 1.82) is 0 Å². The van der Waals surface area contributed by atoms with Gasteiger partial charge in [-0.3, -0.25) is 9.78 Å². The predicted molar refractivity (Wildman–Crippen MR) is 66.9 cm³/mol. The van der Waals surface area contributed by atoms with E-state index in [1.54, 1.807) is 12.4 Å². The monoisotopic (exact) mass is 231 g/mol. The number of aryl methyl sites for hydroxylation is 1. The van der Waals surface area contributed by atoms with E-state index in [0.29, 0.717) is 12.1 Å². The summed E-state index contributed by atoms with van der Waals surface area (Å²) in [4.78, 5) is 15.9. The van der Waals surface area contributed by atoms with Crippen molar-refractivity contribution in [1.82, 2.24) is 15.6 Å². The zero-order valence-corrected chi connectivity index (χ0v) is 9.99. The van der Waals surface area contributed by atoms with Gasteiger partial charge in [0.1, 0.15) is 0 Å². The number of carbonyl (C=O) groups excluding carboxylic acids is 1. The Labute approximate surface area is 101 Å². The van der Waals surface area contributed by atoms with E-state index in [1.165, 1.54) is 5.57 Å². The van der Waals surface area contributed by atoms with Gasteiger partial charge >= 0.3 is 0 Å². The first-order valence-electron chi connectivity index (χ1n) is 5.84. The zero-order chi connectivity index (χ0) is 12.1. The topological polar surface area (TPSA) is 54.0 Å². The molecule has 1 aliphatic rings. The highest BCUT2D eigenvalue weighted by molar-refractivity contribution is 5.94. The van der Waals surface area contributed by atoms with Gasteiger partial charge in [0.15, 0.2) is 0 Å². The first kappa shape index (κ1) is 11.8. The lowest BCUT2D eigenvalue weighted by atomic mass is 10.1. The Bertz CT molecular complexity index is 440. The number of nitrogens with one attached hydrogen (secondary N) is 2. The van der Waals surface area contributed by atoms with E-state index in [1.807, 2.05) is 13.0 Å². The summed E-state index contributed by atoms with van der Waals surface area (Å²) in [7, 11) is 0. The fraction of sp³-hybridized carbons (Fsp3) is 0.385. The van der Waals surface area contributed by atoms with Gasteiger partial charge in [0.25, 0.3) is 5.91 Å². The van der Waals surface area contributed by atoms with Crippen molar-refractivity contribution in [2.45, 2.75) is 13.3 Å². The largest absolute Gasteiger partial charge is 0.348 e. The number of rotatable bonds is 3. The molecular weight excluding hydrogens is 214 g/mol. The molecule has 0 saturated heterocycles. The summed E-state index contributed by atoms with van der Waals surface area (Å²) < 4.78 is 0. The lowest BCUT2D eigenvalue weighted by Gasteiger charge is -2.14. The Morgan fingerprint density at radius 2 is 2.41 bits per heavy atom. The number of carbonyl (C=O) groups is 1. The van der Waals surface area contributed by atoms with E-state index in [4.69, 9.17) is 0 Å². The predicted octanol–water partition coefficient (Wildman–Crippen LogP) is 1.04. The van der Waals surface area contributed by atoms with Crippen LogP contribution in [0.25, 0.3) is 0 Å². The minimum Gasteiger partial charge on any atom is -0.348 e. The van der Waals surface area contributed by atoms with E-state index < -0.39 is 0 Å². The zero-order valence-electron chi connectivity index (χ0n) is 9.99. The summed E-state index contributed by atoms with van der Waals surface area (Å²) >= 11 is 0. The van der Waals surface area contributed by atoms with Crippen LogP contribution < -0.4 is 10.6 Å². The van der Waals surface area contributed by atoms with Gasteiger partial charge in [0.2, 0.25) is 0 Å². The average Bonchev–Trinajstić information content (AvgIpc) is 2.37. The smallest absolute Gasteiger partial charge is 0.253 e. The van der Waals surface area contributed by atoms with Crippen molar-refractivity contribution in [3.63, 3.8) is 0 Å². The number of hydrogen-bond donors (Lipinski definition) is 2. The Morgan fingerprint density at radius 1 is 1.53 bits per heavy atom. The van der Waals surface area contributed by atoms with E-state index >= 15 is 0 Å². The third kappa shape index (κ3) is 3.39. The van der Waals surface area contributed by atoms with Gasteiger partial charge in [-0.25, -0.2) is 0 Å². The fourth-order valence-electron chi connectivity index (χ4n) is 1.81. The molecule has 1 aromatic rings. The van der Waals surface area contributed by atoms with Gasteiger partial charge in [0.05, 0.1) is 5.56 Å². The summed E-state index contributed by atoms with van der Waals surface area (Å²) in [5.41, 5.74) is 2.91. The van der Waals surface area contributed by atoms with Crippen LogP contribution in [0.1, 0.15) is 22.3 Å². The minimum absolute atomic E-state index is 0.0550. The summed E-state index contributed by atoms with van der Waals surface area (Å²) in [6.45, 7) is 4.46. The molecule has 4 nitrogen and oxygen atoms in total. The lowest BCUT2D eigenvalue weighted by molar-refractivity contribution is 0.0956. The molecule has 0 atom stereocenters. The summed E-state index contributed by atoms with van der Waals surface area (Å²) in [5, 5.41) is 6.16. The third-order valence-electron chi connectivity index (χ3n) is 2.77. The SMILES string of the molecule is Cc1cncc(C(=O)NCC2=CCNCC2)c1. The van der Waals surface area contributed by atoms with E-state index in [0.717, 1.165) is 25.1 Å². The first-order valence-corrected chi connectivity index (χ1v) is 5.84. The van der Waals surface area contributed by atoms with Crippen molar-refractivity contribution >= 4 is 5.91 Å². The lowest BCUT2D eigenvalue weighted by Crippen LogP contribution is -2.29. The molecule has 2 heterocycles. The van der Waals surface area contributed by atoms with Gasteiger partial charge < -0.3 is 10.6 Å². The number of pyridine rings is 1. The summed E-state index contributed by atoms with van der Waals surface area (Å²) in [5.74, 6) is -0.0550. The van der Waals surface area contributed by atoms with Crippen LogP contribution in [0, 0.1) is 6.92 Å². The molecule has 2 rings (SSSR count). The van der Waals surface area contributed by atoms with E-state index in [2.05, 4.69) is 21.7 Å². The van der Waals surface area contributed by atoms with Crippen LogP contribution >= 0.6 is 0 Å². The van der Waals surface area contributed by atoms with Crippen LogP contribution in [-0.4, -0.2) is 30.5 Å². The molecule has 2 N–H and O–H groups in total. The van der Waals surface area contributed by atoms with Crippen molar-refractivity contribution in [3.8, 4) is 0 Å². The van der Waals surface area contributed by atoms with Crippen molar-refractivity contribution in [2.24, 2.45) is 0 Å². The maximum absolute atomic E-state index is 11.8. The highest BCUT2D eigenvalue weighted by Crippen LogP contribution is 2.04. The van der Waals surface area contributed by atoms with Crippen molar-refractivity contribution < 1.29 is 4.79 Å². The molecule has 90 valence electrons. The van der Waals surface area contributed by atoms with Crippen LogP contribution in [0.15, 0.2) is 30.1 Å². The maximum Gasteiger partial charge on any atom is 0.253 e. The molecule has 0 spiro atoms. The standard InChI is InChI=1S/C13H17N3O/c1-10-6-12(9-15-7-10)13(17)16-8-11-2-4-14-5-3-11/h2,6-7,9,14H,3-5,8H2,1H3,(H,16,17). The second kappa shape index (κ2) is 5.59. The highest BCUT2D eigenvalue weighted by Gasteiger charge is 2.08. The van der Waals surface area contributed by atoms with Gasteiger partial charge in [-0.1, -0.05) is 11.6 Å². The molecule has 0 bridgehead atoms. The summed E-state index contributed by atoms with van der Waals surface area (Å²) in [6.07, 6.45) is 6.48. The van der Waals surface area contributed by atoms with Crippen LogP contribution in [-0.2, 0) is 0 Å². The molecule has 1 aliphatic heterocycles. The van der Waals surface area contributed by atoms with Crippen LogP contribution in [0.2, 0.25) is 0 Å². The van der Waals surface area contributed by atoms with Crippen molar-refractivity contribution in [2.75, 3.05) is 19.6 Å². The quantitative estimate of drug-likeness (QED) is 0.764. The Hall–Kier alpha value is -1.68. The maximum atomic E-state index is 11.8. The number of amides is 1. The van der Waals surface area contributed by atoms with E-state index in [9.17, 15) is 4.79 Å². The molecule has 0 unspecified atom stereocenters. The molecule has 0 saturated carbocycles. The fourth-order valence-corrected chi connectivity index (χ4v) is 1.81. The van der Waals surface area contributed by atoms with Crippen LogP contribution in [0.3, 0.4) is 0 Å². The molecule has 0 aromatic carbocycles.